The molecule has 0 atom stereocenters. The number of aryl methyl sites for hydroxylation is 2. The van der Waals surface area contributed by atoms with Crippen LogP contribution >= 0.6 is 15.9 Å². The summed E-state index contributed by atoms with van der Waals surface area (Å²) < 4.78 is 26.4. The van der Waals surface area contributed by atoms with E-state index in [0.29, 0.717) is 23.3 Å². The average molecular weight is 320 g/mol. The smallest absolute Gasteiger partial charge is 0.207 e. The maximum absolute atomic E-state index is 12.4. The van der Waals surface area contributed by atoms with Crippen molar-refractivity contribution in [1.29, 1.82) is 0 Å². The summed E-state index contributed by atoms with van der Waals surface area (Å²) >= 11 is 3.28. The molecule has 0 bridgehead atoms. The molecule has 1 rings (SSSR count). The van der Waals surface area contributed by atoms with E-state index in [1.165, 1.54) is 4.31 Å². The van der Waals surface area contributed by atoms with Gasteiger partial charge in [0.15, 0.2) is 0 Å². The molecule has 1 aromatic carbocycles. The Morgan fingerprint density at radius 2 is 1.94 bits per heavy atom. The van der Waals surface area contributed by atoms with Crippen molar-refractivity contribution in [2.75, 3.05) is 18.4 Å². The lowest BCUT2D eigenvalue weighted by Crippen LogP contribution is -2.33. The Bertz CT molecular complexity index is 485. The number of nitrogens with zero attached hydrogens (tertiary/aromatic N) is 1. The van der Waals surface area contributed by atoms with Gasteiger partial charge >= 0.3 is 0 Å². The van der Waals surface area contributed by atoms with Crippen molar-refractivity contribution in [3.8, 4) is 0 Å². The Labute approximate surface area is 112 Å². The molecule has 1 aromatic rings. The molecule has 0 saturated carbocycles. The third kappa shape index (κ3) is 3.30. The van der Waals surface area contributed by atoms with Gasteiger partial charge in [-0.2, -0.15) is 4.31 Å². The van der Waals surface area contributed by atoms with Gasteiger partial charge < -0.3 is 0 Å². The molecule has 0 unspecified atom stereocenters. The van der Waals surface area contributed by atoms with Crippen LogP contribution in [0.25, 0.3) is 0 Å². The van der Waals surface area contributed by atoms with Crippen molar-refractivity contribution in [1.82, 2.24) is 4.31 Å². The molecule has 0 aliphatic rings. The predicted octanol–water partition coefficient (Wildman–Crippen LogP) is 2.71. The molecule has 0 aliphatic heterocycles. The highest BCUT2D eigenvalue weighted by Gasteiger charge is 2.24. The Morgan fingerprint density at radius 1 is 1.29 bits per heavy atom. The van der Waals surface area contributed by atoms with Gasteiger partial charge in [0.1, 0.15) is 0 Å². The Hall–Kier alpha value is -0.390. The highest BCUT2D eigenvalue weighted by molar-refractivity contribution is 9.09. The summed E-state index contributed by atoms with van der Waals surface area (Å²) in [6, 6.07) is 5.51. The first-order valence-electron chi connectivity index (χ1n) is 5.56. The molecule has 3 nitrogen and oxygen atoms in total. The Balaban J connectivity index is 3.24. The molecular formula is C12H18BrNO2S. The van der Waals surface area contributed by atoms with Crippen LogP contribution in [0.15, 0.2) is 23.1 Å². The maximum atomic E-state index is 12.4. The van der Waals surface area contributed by atoms with Crippen LogP contribution in [0, 0.1) is 13.8 Å². The van der Waals surface area contributed by atoms with Gasteiger partial charge in [-0.25, -0.2) is 8.42 Å². The van der Waals surface area contributed by atoms with E-state index >= 15 is 0 Å². The third-order valence-corrected chi connectivity index (χ3v) is 5.12. The van der Waals surface area contributed by atoms with E-state index in [1.807, 2.05) is 32.9 Å². The number of hydrogen-bond donors (Lipinski definition) is 0. The number of rotatable bonds is 5. The van der Waals surface area contributed by atoms with Crippen molar-refractivity contribution in [2.24, 2.45) is 0 Å². The molecule has 0 spiro atoms. The largest absolute Gasteiger partial charge is 0.243 e. The highest BCUT2D eigenvalue weighted by Crippen LogP contribution is 2.21. The molecule has 0 saturated heterocycles. The molecule has 0 aromatic heterocycles. The summed E-state index contributed by atoms with van der Waals surface area (Å²) in [5, 5.41) is 0.644. The van der Waals surface area contributed by atoms with Crippen molar-refractivity contribution in [3.05, 3.63) is 29.3 Å². The van der Waals surface area contributed by atoms with E-state index < -0.39 is 10.0 Å². The maximum Gasteiger partial charge on any atom is 0.243 e. The monoisotopic (exact) mass is 319 g/mol. The molecule has 0 fully saturated rings. The van der Waals surface area contributed by atoms with E-state index in [0.717, 1.165) is 11.1 Å². The van der Waals surface area contributed by atoms with Crippen LogP contribution in [-0.2, 0) is 10.0 Å². The fraction of sp³-hybridized carbons (Fsp3) is 0.500. The number of sulfonamides is 1. The van der Waals surface area contributed by atoms with Crippen LogP contribution in [0.3, 0.4) is 0 Å². The van der Waals surface area contributed by atoms with Gasteiger partial charge in [0, 0.05) is 18.4 Å². The molecule has 17 heavy (non-hydrogen) atoms. The molecule has 96 valence electrons. The molecular weight excluding hydrogens is 302 g/mol. The van der Waals surface area contributed by atoms with Crippen LogP contribution in [0.4, 0.5) is 0 Å². The lowest BCUT2D eigenvalue weighted by Gasteiger charge is -2.20. The molecule has 5 heteroatoms. The minimum absolute atomic E-state index is 0.417. The standard InChI is InChI=1S/C12H18BrNO2S/c1-4-14(8-7-13)17(15,16)12-9-10(2)5-6-11(12)3/h5-6,9H,4,7-8H2,1-3H3. The lowest BCUT2D eigenvalue weighted by atomic mass is 10.2. The SMILES string of the molecule is CCN(CCBr)S(=O)(=O)c1cc(C)ccc1C. The van der Waals surface area contributed by atoms with Gasteiger partial charge in [0.05, 0.1) is 4.90 Å². The second-order valence-electron chi connectivity index (χ2n) is 3.95. The first-order valence-corrected chi connectivity index (χ1v) is 8.13. The zero-order chi connectivity index (χ0) is 13.1. The first kappa shape index (κ1) is 14.7. The summed E-state index contributed by atoms with van der Waals surface area (Å²) in [5.74, 6) is 0. The summed E-state index contributed by atoms with van der Waals surface area (Å²) in [5.41, 5.74) is 1.76. The molecule has 0 radical (unpaired) electrons. The van der Waals surface area contributed by atoms with Gasteiger partial charge in [-0.1, -0.05) is 35.0 Å². The van der Waals surface area contributed by atoms with E-state index in [1.54, 1.807) is 6.07 Å². The van der Waals surface area contributed by atoms with Crippen molar-refractivity contribution >= 4 is 26.0 Å². The van der Waals surface area contributed by atoms with Gasteiger partial charge in [-0.05, 0) is 31.0 Å². The number of halogens is 1. The second kappa shape index (κ2) is 5.98. The van der Waals surface area contributed by atoms with Crippen LogP contribution in [0.1, 0.15) is 18.1 Å². The van der Waals surface area contributed by atoms with E-state index in [2.05, 4.69) is 15.9 Å². The lowest BCUT2D eigenvalue weighted by molar-refractivity contribution is 0.448. The zero-order valence-electron chi connectivity index (χ0n) is 10.4. The minimum Gasteiger partial charge on any atom is -0.207 e. The van der Waals surface area contributed by atoms with E-state index in [-0.39, 0.29) is 0 Å². The molecule has 0 amide bonds. The van der Waals surface area contributed by atoms with Crippen molar-refractivity contribution in [2.45, 2.75) is 25.7 Å². The Morgan fingerprint density at radius 3 is 2.47 bits per heavy atom. The van der Waals surface area contributed by atoms with Crippen LogP contribution in [0.5, 0.6) is 0 Å². The third-order valence-electron chi connectivity index (χ3n) is 2.65. The summed E-state index contributed by atoms with van der Waals surface area (Å²) in [4.78, 5) is 0.417. The van der Waals surface area contributed by atoms with E-state index in [4.69, 9.17) is 0 Å². The fourth-order valence-electron chi connectivity index (χ4n) is 1.67. The van der Waals surface area contributed by atoms with Gasteiger partial charge in [-0.3, -0.25) is 0 Å². The number of alkyl halides is 1. The molecule has 0 N–H and O–H groups in total. The average Bonchev–Trinajstić information content (AvgIpc) is 2.28. The predicted molar refractivity (Wildman–Crippen MR) is 74.1 cm³/mol. The van der Waals surface area contributed by atoms with Gasteiger partial charge in [0.2, 0.25) is 10.0 Å². The van der Waals surface area contributed by atoms with Gasteiger partial charge in [-0.15, -0.1) is 0 Å². The van der Waals surface area contributed by atoms with Crippen LogP contribution in [0.2, 0.25) is 0 Å². The Kier molecular flexibility index (Phi) is 5.16. The van der Waals surface area contributed by atoms with Crippen LogP contribution in [-0.4, -0.2) is 31.1 Å². The molecule has 0 heterocycles. The number of hydrogen-bond acceptors (Lipinski definition) is 2. The quantitative estimate of drug-likeness (QED) is 0.782. The second-order valence-corrected chi connectivity index (χ2v) is 6.65. The molecule has 0 aliphatic carbocycles. The highest BCUT2D eigenvalue weighted by atomic mass is 79.9. The van der Waals surface area contributed by atoms with E-state index in [9.17, 15) is 8.42 Å². The topological polar surface area (TPSA) is 37.4 Å². The fourth-order valence-corrected chi connectivity index (χ4v) is 4.09. The minimum atomic E-state index is -3.36. The van der Waals surface area contributed by atoms with Crippen LogP contribution < -0.4 is 0 Å². The van der Waals surface area contributed by atoms with Crippen molar-refractivity contribution < 1.29 is 8.42 Å². The van der Waals surface area contributed by atoms with Gasteiger partial charge in [0.25, 0.3) is 0 Å². The normalized spacial score (nSPS) is 12.1. The zero-order valence-corrected chi connectivity index (χ0v) is 12.8. The summed E-state index contributed by atoms with van der Waals surface area (Å²) in [6.07, 6.45) is 0. The summed E-state index contributed by atoms with van der Waals surface area (Å²) in [6.45, 7) is 6.56. The van der Waals surface area contributed by atoms with Crippen molar-refractivity contribution in [3.63, 3.8) is 0 Å². The first-order chi connectivity index (χ1) is 7.93. The number of benzene rings is 1. The summed E-state index contributed by atoms with van der Waals surface area (Å²) in [7, 11) is -3.36.